The first-order chi connectivity index (χ1) is 16.2. The number of benzene rings is 2. The number of anilines is 1. The summed E-state index contributed by atoms with van der Waals surface area (Å²) in [5.41, 5.74) is 4.98. The van der Waals surface area contributed by atoms with Gasteiger partial charge in [0.2, 0.25) is 0 Å². The van der Waals surface area contributed by atoms with Crippen molar-refractivity contribution in [1.29, 1.82) is 0 Å². The molecule has 0 aliphatic carbocycles. The van der Waals surface area contributed by atoms with Crippen molar-refractivity contribution in [2.24, 2.45) is 0 Å². The first-order valence-corrected chi connectivity index (χ1v) is 11.7. The zero-order valence-electron chi connectivity index (χ0n) is 18.7. The van der Waals surface area contributed by atoms with Gasteiger partial charge in [0, 0.05) is 30.7 Å². The molecule has 1 fully saturated rings. The molecule has 6 heteroatoms. The summed E-state index contributed by atoms with van der Waals surface area (Å²) >= 11 is 0. The Labute approximate surface area is 192 Å². The lowest BCUT2D eigenvalue weighted by atomic mass is 9.96. The van der Waals surface area contributed by atoms with E-state index in [0.29, 0.717) is 31.2 Å². The number of para-hydroxylation sites is 3. The van der Waals surface area contributed by atoms with Gasteiger partial charge >= 0.3 is 0 Å². The SMILES string of the molecule is CC1Cc2ccccc2N1Cc1occc1C(=O)N1CCC(c2nc3ccccc3o2)CC1. The molecule has 0 N–H and O–H groups in total. The van der Waals surface area contributed by atoms with E-state index in [1.54, 1.807) is 6.26 Å². The van der Waals surface area contributed by atoms with Crippen LogP contribution in [0.25, 0.3) is 11.1 Å². The van der Waals surface area contributed by atoms with Gasteiger partial charge in [-0.3, -0.25) is 4.79 Å². The van der Waals surface area contributed by atoms with Gasteiger partial charge in [0.1, 0.15) is 11.3 Å². The molecule has 1 saturated heterocycles. The minimum absolute atomic E-state index is 0.0508. The number of hydrogen-bond donors (Lipinski definition) is 0. The predicted molar refractivity (Wildman–Crippen MR) is 126 cm³/mol. The second kappa shape index (κ2) is 8.10. The molecule has 4 heterocycles. The molecule has 2 aromatic heterocycles. The smallest absolute Gasteiger partial charge is 0.257 e. The average Bonchev–Trinajstić information content (AvgIpc) is 3.56. The third-order valence-electron chi connectivity index (χ3n) is 7.08. The summed E-state index contributed by atoms with van der Waals surface area (Å²) in [6, 6.07) is 18.5. The standard InChI is InChI=1S/C27H27N3O3/c1-18-16-20-6-2-4-8-23(20)30(18)17-25-21(12-15-32-25)27(31)29-13-10-19(11-14-29)26-28-22-7-3-5-9-24(22)33-26/h2-9,12,15,18-19H,10-11,13-14,16-17H2,1H3. The van der Waals surface area contributed by atoms with E-state index in [2.05, 4.69) is 41.1 Å². The maximum Gasteiger partial charge on any atom is 0.257 e. The number of piperidine rings is 1. The molecule has 0 bridgehead atoms. The van der Waals surface area contributed by atoms with E-state index in [1.807, 2.05) is 35.2 Å². The fraction of sp³-hybridized carbons (Fsp3) is 0.333. The van der Waals surface area contributed by atoms with Gasteiger partial charge in [0.15, 0.2) is 11.5 Å². The number of rotatable bonds is 4. The number of carbonyl (C=O) groups is 1. The molecule has 2 aliphatic rings. The Morgan fingerprint density at radius 3 is 2.70 bits per heavy atom. The van der Waals surface area contributed by atoms with Gasteiger partial charge < -0.3 is 18.6 Å². The highest BCUT2D eigenvalue weighted by molar-refractivity contribution is 5.95. The summed E-state index contributed by atoms with van der Waals surface area (Å²) in [4.78, 5) is 22.3. The average molecular weight is 442 g/mol. The van der Waals surface area contributed by atoms with Crippen molar-refractivity contribution in [3.05, 3.63) is 83.6 Å². The minimum atomic E-state index is 0.0508. The molecule has 4 aromatic rings. The van der Waals surface area contributed by atoms with Crippen molar-refractivity contribution in [2.45, 2.75) is 44.7 Å². The lowest BCUT2D eigenvalue weighted by Gasteiger charge is -2.31. The molecule has 1 unspecified atom stereocenters. The third-order valence-corrected chi connectivity index (χ3v) is 7.08. The van der Waals surface area contributed by atoms with Crippen LogP contribution in [0.15, 0.2) is 69.7 Å². The molecule has 168 valence electrons. The maximum absolute atomic E-state index is 13.4. The summed E-state index contributed by atoms with van der Waals surface area (Å²) in [6.45, 7) is 4.21. The van der Waals surface area contributed by atoms with Crippen molar-refractivity contribution in [3.8, 4) is 0 Å². The van der Waals surface area contributed by atoms with Crippen molar-refractivity contribution in [2.75, 3.05) is 18.0 Å². The number of likely N-dealkylation sites (tertiary alicyclic amines) is 1. The second-order valence-electron chi connectivity index (χ2n) is 9.15. The van der Waals surface area contributed by atoms with Crippen molar-refractivity contribution < 1.29 is 13.6 Å². The normalized spacial score (nSPS) is 18.8. The number of fused-ring (bicyclic) bond motifs is 2. The molecule has 1 atom stereocenters. The van der Waals surface area contributed by atoms with E-state index in [0.717, 1.165) is 42.0 Å². The van der Waals surface area contributed by atoms with Gasteiger partial charge in [0.05, 0.1) is 18.4 Å². The Morgan fingerprint density at radius 1 is 1.06 bits per heavy atom. The van der Waals surface area contributed by atoms with Gasteiger partial charge in [-0.2, -0.15) is 0 Å². The van der Waals surface area contributed by atoms with Crippen LogP contribution < -0.4 is 4.90 Å². The maximum atomic E-state index is 13.4. The zero-order chi connectivity index (χ0) is 22.4. The van der Waals surface area contributed by atoms with E-state index in [9.17, 15) is 4.79 Å². The number of oxazole rings is 1. The minimum Gasteiger partial charge on any atom is -0.467 e. The summed E-state index contributed by atoms with van der Waals surface area (Å²) in [5.74, 6) is 1.82. The highest BCUT2D eigenvalue weighted by Gasteiger charge is 2.31. The van der Waals surface area contributed by atoms with Crippen LogP contribution in [-0.4, -0.2) is 34.9 Å². The molecule has 6 rings (SSSR count). The van der Waals surface area contributed by atoms with Crippen molar-refractivity contribution >= 4 is 22.7 Å². The van der Waals surface area contributed by atoms with Crippen LogP contribution in [0.3, 0.4) is 0 Å². The second-order valence-corrected chi connectivity index (χ2v) is 9.15. The Morgan fingerprint density at radius 2 is 1.85 bits per heavy atom. The van der Waals surface area contributed by atoms with E-state index < -0.39 is 0 Å². The Bertz CT molecular complexity index is 1270. The van der Waals surface area contributed by atoms with E-state index >= 15 is 0 Å². The lowest BCUT2D eigenvalue weighted by molar-refractivity contribution is 0.0704. The van der Waals surface area contributed by atoms with Crippen LogP contribution in [-0.2, 0) is 13.0 Å². The van der Waals surface area contributed by atoms with Crippen LogP contribution in [0, 0.1) is 0 Å². The first-order valence-electron chi connectivity index (χ1n) is 11.7. The third kappa shape index (κ3) is 3.59. The van der Waals surface area contributed by atoms with Gasteiger partial charge in [-0.15, -0.1) is 0 Å². The van der Waals surface area contributed by atoms with Crippen molar-refractivity contribution in [1.82, 2.24) is 9.88 Å². The quantitative estimate of drug-likeness (QED) is 0.425. The van der Waals surface area contributed by atoms with Gasteiger partial charge in [-0.25, -0.2) is 4.98 Å². The summed E-state index contributed by atoms with van der Waals surface area (Å²) < 4.78 is 11.8. The number of hydrogen-bond acceptors (Lipinski definition) is 5. The molecule has 2 aromatic carbocycles. The fourth-order valence-corrected chi connectivity index (χ4v) is 5.24. The van der Waals surface area contributed by atoms with Gasteiger partial charge in [0.25, 0.3) is 5.91 Å². The highest BCUT2D eigenvalue weighted by atomic mass is 16.3. The van der Waals surface area contributed by atoms with Crippen LogP contribution in [0.4, 0.5) is 5.69 Å². The Balaban J connectivity index is 1.14. The largest absolute Gasteiger partial charge is 0.467 e. The van der Waals surface area contributed by atoms with Crippen LogP contribution >= 0.6 is 0 Å². The Hall–Kier alpha value is -3.54. The van der Waals surface area contributed by atoms with Crippen LogP contribution in [0.5, 0.6) is 0 Å². The highest BCUT2D eigenvalue weighted by Crippen LogP contribution is 2.34. The van der Waals surface area contributed by atoms with Crippen LogP contribution in [0.1, 0.15) is 53.3 Å². The van der Waals surface area contributed by atoms with Crippen molar-refractivity contribution in [3.63, 3.8) is 0 Å². The number of nitrogens with zero attached hydrogens (tertiary/aromatic N) is 3. The molecular weight excluding hydrogens is 414 g/mol. The summed E-state index contributed by atoms with van der Waals surface area (Å²) in [7, 11) is 0. The van der Waals surface area contributed by atoms with Gasteiger partial charge in [-0.1, -0.05) is 30.3 Å². The molecule has 0 saturated carbocycles. The molecule has 0 spiro atoms. The predicted octanol–water partition coefficient (Wildman–Crippen LogP) is 5.39. The summed E-state index contributed by atoms with van der Waals surface area (Å²) in [6.07, 6.45) is 4.36. The number of furan rings is 1. The summed E-state index contributed by atoms with van der Waals surface area (Å²) in [5, 5.41) is 0. The first kappa shape index (κ1) is 20.1. The number of amides is 1. The van der Waals surface area contributed by atoms with E-state index in [4.69, 9.17) is 8.83 Å². The molecule has 33 heavy (non-hydrogen) atoms. The molecule has 1 amide bonds. The van der Waals surface area contributed by atoms with Crippen LogP contribution in [0.2, 0.25) is 0 Å². The molecule has 0 radical (unpaired) electrons. The monoisotopic (exact) mass is 441 g/mol. The fourth-order valence-electron chi connectivity index (χ4n) is 5.24. The Kier molecular flexibility index (Phi) is 4.93. The number of carbonyl (C=O) groups excluding carboxylic acids is 1. The van der Waals surface area contributed by atoms with E-state index in [-0.39, 0.29) is 11.8 Å². The lowest BCUT2D eigenvalue weighted by Crippen LogP contribution is -2.38. The zero-order valence-corrected chi connectivity index (χ0v) is 18.7. The topological polar surface area (TPSA) is 62.7 Å². The number of aromatic nitrogens is 1. The molecule has 2 aliphatic heterocycles. The van der Waals surface area contributed by atoms with Gasteiger partial charge in [-0.05, 0) is 56.0 Å². The van der Waals surface area contributed by atoms with E-state index in [1.165, 1.54) is 11.3 Å². The molecule has 6 nitrogen and oxygen atoms in total. The molecular formula is C27H27N3O3.